The van der Waals surface area contributed by atoms with E-state index in [1.807, 2.05) is 42.3 Å². The van der Waals surface area contributed by atoms with Gasteiger partial charge in [0.2, 0.25) is 11.8 Å². The number of nitriles is 1. The molecular formula is C24H25Cl2N7O3. The lowest BCUT2D eigenvalue weighted by molar-refractivity contribution is -0.0293. The summed E-state index contributed by atoms with van der Waals surface area (Å²) in [4.78, 5) is 14.9. The van der Waals surface area contributed by atoms with Crippen LogP contribution in [0.15, 0.2) is 47.7 Å². The third-order valence-corrected chi connectivity index (χ3v) is 6.07. The van der Waals surface area contributed by atoms with Crippen molar-refractivity contribution in [2.45, 2.75) is 13.0 Å². The molecule has 2 aromatic carbocycles. The highest BCUT2D eigenvalue weighted by molar-refractivity contribution is 6.42. The number of aromatic nitrogens is 2. The van der Waals surface area contributed by atoms with Crippen molar-refractivity contribution in [3.05, 3.63) is 52.8 Å². The fourth-order valence-electron chi connectivity index (χ4n) is 3.63. The molecule has 36 heavy (non-hydrogen) atoms. The van der Waals surface area contributed by atoms with Gasteiger partial charge in [0, 0.05) is 24.8 Å². The van der Waals surface area contributed by atoms with E-state index in [9.17, 15) is 0 Å². The summed E-state index contributed by atoms with van der Waals surface area (Å²) in [6.45, 7) is 4.76. The van der Waals surface area contributed by atoms with E-state index < -0.39 is 0 Å². The maximum atomic E-state index is 8.98. The van der Waals surface area contributed by atoms with E-state index in [4.69, 9.17) is 42.7 Å². The fourth-order valence-corrected chi connectivity index (χ4v) is 3.93. The number of halogens is 2. The molecule has 1 saturated heterocycles. The van der Waals surface area contributed by atoms with Gasteiger partial charge in [0.15, 0.2) is 12.9 Å². The molecule has 1 unspecified atom stereocenters. The third-order valence-electron chi connectivity index (χ3n) is 5.33. The van der Waals surface area contributed by atoms with Crippen LogP contribution in [0.3, 0.4) is 0 Å². The number of morpholine rings is 1. The van der Waals surface area contributed by atoms with Crippen molar-refractivity contribution in [3.8, 4) is 17.8 Å². The quantitative estimate of drug-likeness (QED) is 0.147. The first kappa shape index (κ1) is 25.6. The Morgan fingerprint density at radius 1 is 1.22 bits per heavy atom. The highest BCUT2D eigenvalue weighted by Crippen LogP contribution is 2.27. The molecule has 10 nitrogen and oxygen atoms in total. The summed E-state index contributed by atoms with van der Waals surface area (Å²) in [6, 6.07) is 10.8. The molecule has 4 rings (SSSR count). The summed E-state index contributed by atoms with van der Waals surface area (Å²) in [5.74, 6) is 1.65. The molecule has 1 aliphatic rings. The number of aliphatic imine (C=N–C) groups is 1. The van der Waals surface area contributed by atoms with Gasteiger partial charge in [0.25, 0.3) is 0 Å². The van der Waals surface area contributed by atoms with Gasteiger partial charge in [-0.25, -0.2) is 9.97 Å². The Morgan fingerprint density at radius 2 is 2.11 bits per heavy atom. The van der Waals surface area contributed by atoms with Crippen LogP contribution < -0.4 is 20.1 Å². The van der Waals surface area contributed by atoms with Gasteiger partial charge in [-0.1, -0.05) is 23.2 Å². The van der Waals surface area contributed by atoms with Crippen molar-refractivity contribution in [2.24, 2.45) is 4.99 Å². The Kier molecular flexibility index (Phi) is 8.84. The van der Waals surface area contributed by atoms with Crippen LogP contribution >= 0.6 is 23.2 Å². The normalized spacial score (nSPS) is 15.9. The monoisotopic (exact) mass is 529 g/mol. The van der Waals surface area contributed by atoms with Crippen LogP contribution in [0.25, 0.3) is 10.9 Å². The smallest absolute Gasteiger partial charge is 0.226 e. The average Bonchev–Trinajstić information content (AvgIpc) is 2.89. The van der Waals surface area contributed by atoms with Gasteiger partial charge < -0.3 is 24.4 Å². The van der Waals surface area contributed by atoms with Crippen molar-refractivity contribution in [1.29, 1.82) is 5.26 Å². The average molecular weight is 530 g/mol. The van der Waals surface area contributed by atoms with Crippen LogP contribution in [0.5, 0.6) is 11.6 Å². The SMILES string of the molecule is CCN=C(NC#N)N1CCOC(COc2ccc3c(OCNc4ccc(Cl)c(Cl)c4)ncnc3c2)C1. The zero-order valence-electron chi connectivity index (χ0n) is 19.6. The molecule has 0 spiro atoms. The molecule has 0 amide bonds. The van der Waals surface area contributed by atoms with Gasteiger partial charge in [0.05, 0.1) is 34.1 Å². The first-order chi connectivity index (χ1) is 17.6. The van der Waals surface area contributed by atoms with Crippen LogP contribution in [-0.4, -0.2) is 66.5 Å². The van der Waals surface area contributed by atoms with E-state index in [-0.39, 0.29) is 12.8 Å². The fraction of sp³-hybridized carbons (Fsp3) is 0.333. The molecule has 0 aliphatic carbocycles. The number of guanidine groups is 1. The third kappa shape index (κ3) is 6.57. The van der Waals surface area contributed by atoms with Gasteiger partial charge in [-0.05, 0) is 37.3 Å². The Bertz CT molecular complexity index is 1270. The molecule has 0 bridgehead atoms. The van der Waals surface area contributed by atoms with E-state index in [1.54, 1.807) is 12.1 Å². The number of hydrogen-bond acceptors (Lipinski definition) is 8. The Labute approximate surface area is 218 Å². The zero-order chi connectivity index (χ0) is 25.3. The standard InChI is InChI=1S/C24H25Cl2N7O3/c1-2-28-24(29-13-27)33-7-8-34-18(11-33)12-35-17-4-5-19-22(10-17)30-14-31-23(19)36-15-32-16-3-6-20(25)21(26)9-16/h3-6,9-10,14,18,32H,2,7-8,11-12,15H2,1H3,(H,28,29). The van der Waals surface area contributed by atoms with Gasteiger partial charge in [0.1, 0.15) is 24.8 Å². The summed E-state index contributed by atoms with van der Waals surface area (Å²) >= 11 is 12.0. The molecule has 1 aromatic heterocycles. The van der Waals surface area contributed by atoms with Crippen LogP contribution in [0.2, 0.25) is 10.0 Å². The van der Waals surface area contributed by atoms with Gasteiger partial charge >= 0.3 is 0 Å². The van der Waals surface area contributed by atoms with Crippen LogP contribution in [-0.2, 0) is 4.74 Å². The minimum absolute atomic E-state index is 0.172. The molecule has 188 valence electrons. The summed E-state index contributed by atoms with van der Waals surface area (Å²) < 4.78 is 17.6. The topological polar surface area (TPSA) is 117 Å². The second-order valence-corrected chi connectivity index (χ2v) is 8.55. The number of nitrogens with one attached hydrogen (secondary N) is 2. The number of benzene rings is 2. The highest BCUT2D eigenvalue weighted by Gasteiger charge is 2.23. The second-order valence-electron chi connectivity index (χ2n) is 7.74. The van der Waals surface area contributed by atoms with Gasteiger partial charge in [-0.3, -0.25) is 10.3 Å². The molecule has 2 heterocycles. The maximum absolute atomic E-state index is 8.98. The number of ether oxygens (including phenoxy) is 3. The molecule has 1 atom stereocenters. The van der Waals surface area contributed by atoms with E-state index in [0.717, 1.165) is 11.1 Å². The summed E-state index contributed by atoms with van der Waals surface area (Å²) in [5.41, 5.74) is 1.47. The first-order valence-electron chi connectivity index (χ1n) is 11.3. The van der Waals surface area contributed by atoms with E-state index in [2.05, 4.69) is 25.6 Å². The number of rotatable bonds is 8. The molecule has 0 radical (unpaired) electrons. The van der Waals surface area contributed by atoms with Crippen molar-refractivity contribution in [1.82, 2.24) is 20.2 Å². The molecule has 1 aliphatic heterocycles. The number of hydrogen-bond donors (Lipinski definition) is 2. The van der Waals surface area contributed by atoms with Crippen LogP contribution in [0.4, 0.5) is 5.69 Å². The molecule has 1 fully saturated rings. The first-order valence-corrected chi connectivity index (χ1v) is 12.1. The molecular weight excluding hydrogens is 505 g/mol. The van der Waals surface area contributed by atoms with Crippen molar-refractivity contribution >= 4 is 45.8 Å². The van der Waals surface area contributed by atoms with E-state index in [0.29, 0.717) is 66.0 Å². The highest BCUT2D eigenvalue weighted by atomic mass is 35.5. The van der Waals surface area contributed by atoms with Gasteiger partial charge in [-0.15, -0.1) is 0 Å². The lowest BCUT2D eigenvalue weighted by atomic mass is 10.2. The minimum Gasteiger partial charge on any atom is -0.491 e. The lowest BCUT2D eigenvalue weighted by Gasteiger charge is -2.34. The predicted molar refractivity (Wildman–Crippen MR) is 139 cm³/mol. The number of anilines is 1. The summed E-state index contributed by atoms with van der Waals surface area (Å²) in [7, 11) is 0. The summed E-state index contributed by atoms with van der Waals surface area (Å²) in [6.07, 6.45) is 3.21. The lowest BCUT2D eigenvalue weighted by Crippen LogP contribution is -2.51. The second kappa shape index (κ2) is 12.4. The zero-order valence-corrected chi connectivity index (χ0v) is 21.1. The van der Waals surface area contributed by atoms with Crippen LogP contribution in [0, 0.1) is 11.5 Å². The largest absolute Gasteiger partial charge is 0.491 e. The molecule has 12 heteroatoms. The number of fused-ring (bicyclic) bond motifs is 1. The summed E-state index contributed by atoms with van der Waals surface area (Å²) in [5, 5.41) is 16.4. The van der Waals surface area contributed by atoms with Crippen LogP contribution in [0.1, 0.15) is 6.92 Å². The Hall–Kier alpha value is -3.52. The molecule has 3 aromatic rings. The molecule has 0 saturated carbocycles. The van der Waals surface area contributed by atoms with E-state index >= 15 is 0 Å². The van der Waals surface area contributed by atoms with Crippen molar-refractivity contribution in [3.63, 3.8) is 0 Å². The number of nitrogens with zero attached hydrogens (tertiary/aromatic N) is 5. The van der Waals surface area contributed by atoms with Crippen molar-refractivity contribution < 1.29 is 14.2 Å². The molecule has 2 N–H and O–H groups in total. The maximum Gasteiger partial charge on any atom is 0.226 e. The predicted octanol–water partition coefficient (Wildman–Crippen LogP) is 3.91. The Morgan fingerprint density at radius 3 is 2.92 bits per heavy atom. The van der Waals surface area contributed by atoms with Gasteiger partial charge in [-0.2, -0.15) is 5.26 Å². The minimum atomic E-state index is -0.172. The van der Waals surface area contributed by atoms with Crippen molar-refractivity contribution in [2.75, 3.05) is 44.9 Å². The Balaban J connectivity index is 1.35. The van der Waals surface area contributed by atoms with E-state index in [1.165, 1.54) is 6.33 Å².